The Bertz CT molecular complexity index is 3420. The quantitative estimate of drug-likeness (QED) is 0.150. The number of rotatable bonds is 8. The van der Waals surface area contributed by atoms with Crippen molar-refractivity contribution in [2.45, 2.75) is 0 Å². The SMILES string of the molecule is [2H]c1c([2H])c(N(c2cccc(-c3cccc4ccccc34)c2)c2c([2H])c([2H])c(-c3c(-c4ccccc4)ccc4ccccc34)c([2H])c2[2H])c([2H])c([2H])c1-c1cccc(-c2ccccc2)c1. The molecule has 0 aromatic heterocycles. The van der Waals surface area contributed by atoms with Crippen molar-refractivity contribution in [3.05, 3.63) is 236 Å². The van der Waals surface area contributed by atoms with Gasteiger partial charge < -0.3 is 4.90 Å². The standard InChI is InChI=1S/C56H39N/c1-3-14-40(15-4-1)46-21-11-22-47(38-46)41-28-33-49(34-29-41)57(51-24-12-23-48(39-51)53-27-13-20-42-18-7-9-25-52(42)53)50-35-30-45(31-36-50)56-54-26-10-8-19-44(54)32-37-55(56)43-16-5-2-6-17-43/h1-39H/i28D,29D,30D,31D,33D,34D,35D,36D. The second kappa shape index (κ2) is 15.0. The van der Waals surface area contributed by atoms with Crippen molar-refractivity contribution in [2.75, 3.05) is 4.90 Å². The van der Waals surface area contributed by atoms with Crippen LogP contribution in [0.4, 0.5) is 17.1 Å². The normalized spacial score (nSPS) is 13.1. The summed E-state index contributed by atoms with van der Waals surface area (Å²) in [5.41, 5.74) is 6.21. The fourth-order valence-electron chi connectivity index (χ4n) is 7.65. The molecule has 0 heterocycles. The highest BCUT2D eigenvalue weighted by atomic mass is 15.1. The van der Waals surface area contributed by atoms with E-state index in [-0.39, 0.29) is 46.7 Å². The van der Waals surface area contributed by atoms with E-state index in [9.17, 15) is 11.0 Å². The molecule has 0 saturated heterocycles. The Hall–Kier alpha value is -7.48. The third-order valence-electron chi connectivity index (χ3n) is 10.4. The van der Waals surface area contributed by atoms with Gasteiger partial charge in [0.05, 0.1) is 11.0 Å². The second-order valence-corrected chi connectivity index (χ2v) is 13.9. The van der Waals surface area contributed by atoms with Crippen LogP contribution in [0, 0.1) is 0 Å². The molecule has 0 saturated carbocycles. The van der Waals surface area contributed by atoms with Gasteiger partial charge in [-0.05, 0) is 120 Å². The fraction of sp³-hybridized carbons (Fsp3) is 0. The molecule has 0 aliphatic carbocycles. The van der Waals surface area contributed by atoms with Crippen molar-refractivity contribution in [2.24, 2.45) is 0 Å². The van der Waals surface area contributed by atoms with Gasteiger partial charge in [0, 0.05) is 17.1 Å². The first-order chi connectivity index (χ1) is 31.6. The average molecular weight is 734 g/mol. The molecule has 57 heavy (non-hydrogen) atoms. The number of hydrogen-bond acceptors (Lipinski definition) is 1. The lowest BCUT2D eigenvalue weighted by molar-refractivity contribution is 1.28. The lowest BCUT2D eigenvalue weighted by atomic mass is 9.89. The Morgan fingerprint density at radius 2 is 0.789 bits per heavy atom. The summed E-state index contributed by atoms with van der Waals surface area (Å²) in [7, 11) is 0. The molecule has 10 aromatic rings. The van der Waals surface area contributed by atoms with Crippen LogP contribution in [0.5, 0.6) is 0 Å². The largest absolute Gasteiger partial charge is 0.310 e. The Kier molecular flexibility index (Phi) is 6.92. The van der Waals surface area contributed by atoms with E-state index in [4.69, 9.17) is 0 Å². The molecule has 1 heteroatoms. The van der Waals surface area contributed by atoms with Crippen LogP contribution >= 0.6 is 0 Å². The highest BCUT2D eigenvalue weighted by molar-refractivity contribution is 6.04. The van der Waals surface area contributed by atoms with Crippen LogP contribution in [0.3, 0.4) is 0 Å². The van der Waals surface area contributed by atoms with Crippen LogP contribution in [0.15, 0.2) is 236 Å². The van der Waals surface area contributed by atoms with Crippen LogP contribution < -0.4 is 4.90 Å². The van der Waals surface area contributed by atoms with Gasteiger partial charge in [0.2, 0.25) is 0 Å². The van der Waals surface area contributed by atoms with Crippen LogP contribution in [-0.2, 0) is 0 Å². The second-order valence-electron chi connectivity index (χ2n) is 13.9. The van der Waals surface area contributed by atoms with Crippen molar-refractivity contribution in [1.82, 2.24) is 0 Å². The minimum Gasteiger partial charge on any atom is -0.310 e. The van der Waals surface area contributed by atoms with Gasteiger partial charge in [-0.25, -0.2) is 0 Å². The third-order valence-corrected chi connectivity index (χ3v) is 10.4. The van der Waals surface area contributed by atoms with Crippen LogP contribution in [0.25, 0.3) is 77.2 Å². The van der Waals surface area contributed by atoms with Crippen LogP contribution in [0.1, 0.15) is 11.0 Å². The van der Waals surface area contributed by atoms with Crippen LogP contribution in [0.2, 0.25) is 0 Å². The monoisotopic (exact) mass is 733 g/mol. The first kappa shape index (κ1) is 26.3. The van der Waals surface area contributed by atoms with E-state index in [2.05, 4.69) is 0 Å². The zero-order chi connectivity index (χ0) is 44.9. The third kappa shape index (κ3) is 6.66. The first-order valence-corrected chi connectivity index (χ1v) is 18.9. The molecular formula is C56H39N. The van der Waals surface area contributed by atoms with E-state index in [0.29, 0.717) is 16.8 Å². The predicted molar refractivity (Wildman–Crippen MR) is 243 cm³/mol. The smallest absolute Gasteiger partial charge is 0.0645 e. The number of hydrogen-bond donors (Lipinski definition) is 0. The molecule has 0 unspecified atom stereocenters. The molecule has 0 fully saturated rings. The molecule has 1 nitrogen and oxygen atoms in total. The summed E-state index contributed by atoms with van der Waals surface area (Å²) in [6, 6.07) is 56.8. The maximum absolute atomic E-state index is 9.84. The number of nitrogens with zero attached hydrogens (tertiary/aromatic N) is 1. The highest BCUT2D eigenvalue weighted by Gasteiger charge is 2.17. The molecule has 0 spiro atoms. The molecular weight excluding hydrogens is 687 g/mol. The summed E-state index contributed by atoms with van der Waals surface area (Å²) >= 11 is 0. The molecule has 10 aromatic carbocycles. The number of benzene rings is 10. The molecule has 0 aliphatic heterocycles. The fourth-order valence-corrected chi connectivity index (χ4v) is 7.65. The summed E-state index contributed by atoms with van der Waals surface area (Å²) < 4.78 is 77.6. The van der Waals surface area contributed by atoms with E-state index < -0.39 is 24.2 Å². The van der Waals surface area contributed by atoms with Gasteiger partial charge in [0.25, 0.3) is 0 Å². The van der Waals surface area contributed by atoms with E-state index in [1.54, 1.807) is 12.1 Å². The maximum atomic E-state index is 9.84. The van der Waals surface area contributed by atoms with Gasteiger partial charge in [0.15, 0.2) is 0 Å². The lowest BCUT2D eigenvalue weighted by Gasteiger charge is -2.27. The van der Waals surface area contributed by atoms with Crippen molar-refractivity contribution in [3.8, 4) is 55.6 Å². The van der Waals surface area contributed by atoms with Gasteiger partial charge in [-0.2, -0.15) is 0 Å². The first-order valence-electron chi connectivity index (χ1n) is 22.9. The van der Waals surface area contributed by atoms with Gasteiger partial charge in [-0.15, -0.1) is 0 Å². The minimum absolute atomic E-state index is 0.102. The molecule has 0 radical (unpaired) electrons. The zero-order valence-corrected chi connectivity index (χ0v) is 30.8. The molecule has 0 aliphatic rings. The van der Waals surface area contributed by atoms with E-state index in [1.807, 2.05) is 176 Å². The number of anilines is 3. The summed E-state index contributed by atoms with van der Waals surface area (Å²) in [6.07, 6.45) is 0. The zero-order valence-electron chi connectivity index (χ0n) is 38.8. The predicted octanol–water partition coefficient (Wildman–Crippen LogP) is 15.8. The van der Waals surface area contributed by atoms with Gasteiger partial charge in [0.1, 0.15) is 0 Å². The summed E-state index contributed by atoms with van der Waals surface area (Å²) in [5.74, 6) is 0. The topological polar surface area (TPSA) is 3.24 Å². The maximum Gasteiger partial charge on any atom is 0.0645 e. The average Bonchev–Trinajstić information content (AvgIpc) is 3.35. The highest BCUT2D eigenvalue weighted by Crippen LogP contribution is 2.42. The molecule has 0 N–H and O–H groups in total. The molecule has 0 amide bonds. The van der Waals surface area contributed by atoms with Crippen molar-refractivity contribution in [3.63, 3.8) is 0 Å². The van der Waals surface area contributed by atoms with Gasteiger partial charge in [-0.1, -0.05) is 194 Å². The van der Waals surface area contributed by atoms with E-state index in [0.717, 1.165) is 54.9 Å². The summed E-state index contributed by atoms with van der Waals surface area (Å²) in [5, 5.41) is 3.64. The number of fused-ring (bicyclic) bond motifs is 2. The Labute approximate surface area is 345 Å². The summed E-state index contributed by atoms with van der Waals surface area (Å²) in [6.45, 7) is 0. The van der Waals surface area contributed by atoms with Crippen LogP contribution in [-0.4, -0.2) is 0 Å². The lowest BCUT2D eigenvalue weighted by Crippen LogP contribution is -2.10. The molecule has 0 bridgehead atoms. The molecule has 268 valence electrons. The molecule has 0 atom stereocenters. The van der Waals surface area contributed by atoms with E-state index in [1.165, 1.54) is 4.90 Å². The minimum atomic E-state index is -0.403. The Morgan fingerprint density at radius 1 is 0.281 bits per heavy atom. The molecule has 10 rings (SSSR count). The van der Waals surface area contributed by atoms with Crippen molar-refractivity contribution in [1.29, 1.82) is 0 Å². The van der Waals surface area contributed by atoms with Crippen molar-refractivity contribution >= 4 is 38.6 Å². The Balaban J connectivity index is 1.24. The van der Waals surface area contributed by atoms with Gasteiger partial charge in [-0.3, -0.25) is 0 Å². The van der Waals surface area contributed by atoms with Gasteiger partial charge >= 0.3 is 0 Å². The Morgan fingerprint density at radius 3 is 1.51 bits per heavy atom. The summed E-state index contributed by atoms with van der Waals surface area (Å²) in [4.78, 5) is 1.38. The van der Waals surface area contributed by atoms with Crippen molar-refractivity contribution < 1.29 is 11.0 Å². The van der Waals surface area contributed by atoms with E-state index >= 15 is 0 Å².